The molecule has 0 bridgehead atoms. The third-order valence-electron chi connectivity index (χ3n) is 4.15. The van der Waals surface area contributed by atoms with Crippen LogP contribution >= 0.6 is 22.9 Å². The number of hydrogen-bond acceptors (Lipinski definition) is 4. The van der Waals surface area contributed by atoms with Crippen LogP contribution in [0.2, 0.25) is 5.02 Å². The summed E-state index contributed by atoms with van der Waals surface area (Å²) in [5.74, 6) is -0.309. The first-order chi connectivity index (χ1) is 11.4. The van der Waals surface area contributed by atoms with Crippen molar-refractivity contribution in [3.63, 3.8) is 0 Å². The topological polar surface area (TPSA) is 63.2 Å². The van der Waals surface area contributed by atoms with E-state index in [1.807, 2.05) is 29.6 Å². The van der Waals surface area contributed by atoms with Gasteiger partial charge in [0.05, 0.1) is 17.4 Å². The molecule has 1 aromatic carbocycles. The van der Waals surface area contributed by atoms with Crippen LogP contribution in [0.25, 0.3) is 0 Å². The number of sulfone groups is 1. The highest BCUT2D eigenvalue weighted by Crippen LogP contribution is 2.26. The van der Waals surface area contributed by atoms with E-state index in [-0.39, 0.29) is 29.4 Å². The second-order valence-corrected chi connectivity index (χ2v) is 9.69. The van der Waals surface area contributed by atoms with Crippen LogP contribution in [-0.2, 0) is 21.1 Å². The van der Waals surface area contributed by atoms with E-state index >= 15 is 0 Å². The Morgan fingerprint density at radius 2 is 2.04 bits per heavy atom. The number of amides is 1. The maximum Gasteiger partial charge on any atom is 0.228 e. The number of nitrogens with one attached hydrogen (secondary N) is 1. The van der Waals surface area contributed by atoms with Crippen molar-refractivity contribution in [3.8, 4) is 0 Å². The predicted molar refractivity (Wildman–Crippen MR) is 97.4 cm³/mol. The van der Waals surface area contributed by atoms with Crippen LogP contribution in [0.4, 0.5) is 0 Å². The Balaban J connectivity index is 1.78. The molecule has 1 aliphatic heterocycles. The Hall–Kier alpha value is -1.37. The predicted octanol–water partition coefficient (Wildman–Crippen LogP) is 3.03. The maximum absolute atomic E-state index is 12.8. The first kappa shape index (κ1) is 17.5. The molecule has 0 aliphatic carbocycles. The lowest BCUT2D eigenvalue weighted by Gasteiger charge is -2.19. The number of thiophene rings is 1. The van der Waals surface area contributed by atoms with E-state index in [1.54, 1.807) is 23.5 Å². The fourth-order valence-electron chi connectivity index (χ4n) is 2.90. The molecule has 1 saturated heterocycles. The first-order valence-corrected chi connectivity index (χ1v) is 10.8. The molecule has 2 aromatic rings. The molecule has 1 amide bonds. The van der Waals surface area contributed by atoms with Gasteiger partial charge in [-0.05, 0) is 42.0 Å². The van der Waals surface area contributed by atoms with Gasteiger partial charge in [0.1, 0.15) is 0 Å². The average Bonchev–Trinajstić information content (AvgIpc) is 3.15. The highest BCUT2D eigenvalue weighted by atomic mass is 35.5. The third-order valence-corrected chi connectivity index (χ3v) is 7.07. The van der Waals surface area contributed by atoms with Crippen LogP contribution in [0.15, 0.2) is 41.8 Å². The summed E-state index contributed by atoms with van der Waals surface area (Å²) in [6.45, 7) is 0. The van der Waals surface area contributed by atoms with Gasteiger partial charge in [0.2, 0.25) is 5.91 Å². The minimum atomic E-state index is -3.02. The van der Waals surface area contributed by atoms with Crippen molar-refractivity contribution in [2.75, 3.05) is 11.5 Å². The molecule has 2 heterocycles. The molecular formula is C17H18ClNO3S2. The molecule has 1 fully saturated rings. The molecule has 24 heavy (non-hydrogen) atoms. The van der Waals surface area contributed by atoms with Gasteiger partial charge in [-0.3, -0.25) is 4.79 Å². The summed E-state index contributed by atoms with van der Waals surface area (Å²) in [6.07, 6.45) is 1.07. The largest absolute Gasteiger partial charge is 0.352 e. The number of benzene rings is 1. The molecular weight excluding hydrogens is 366 g/mol. The molecule has 1 aromatic heterocycles. The molecule has 7 heteroatoms. The number of carbonyl (C=O) groups excluding carboxylic acids is 1. The summed E-state index contributed by atoms with van der Waals surface area (Å²) in [5.41, 5.74) is 0.881. The number of rotatable bonds is 5. The SMILES string of the molecule is O=C(NC1CCS(=O)(=O)C1)C(Cc1cccs1)c1ccc(Cl)cc1. The van der Waals surface area contributed by atoms with Gasteiger partial charge in [-0.2, -0.15) is 0 Å². The Morgan fingerprint density at radius 1 is 1.29 bits per heavy atom. The van der Waals surface area contributed by atoms with E-state index in [0.29, 0.717) is 17.9 Å². The zero-order valence-corrected chi connectivity index (χ0v) is 15.3. The third kappa shape index (κ3) is 4.37. The Morgan fingerprint density at radius 3 is 2.62 bits per heavy atom. The van der Waals surface area contributed by atoms with E-state index in [1.165, 1.54) is 0 Å². The van der Waals surface area contributed by atoms with Gasteiger partial charge < -0.3 is 5.32 Å². The minimum Gasteiger partial charge on any atom is -0.352 e. The summed E-state index contributed by atoms with van der Waals surface area (Å²) in [4.78, 5) is 13.9. The normalized spacial score (nSPS) is 20.6. The van der Waals surface area contributed by atoms with Gasteiger partial charge in [-0.15, -0.1) is 11.3 Å². The van der Waals surface area contributed by atoms with E-state index < -0.39 is 9.84 Å². The summed E-state index contributed by atoms with van der Waals surface area (Å²) >= 11 is 7.55. The van der Waals surface area contributed by atoms with E-state index in [4.69, 9.17) is 11.6 Å². The molecule has 0 radical (unpaired) electrons. The van der Waals surface area contributed by atoms with Crippen molar-refractivity contribution < 1.29 is 13.2 Å². The van der Waals surface area contributed by atoms with Gasteiger partial charge in [-0.25, -0.2) is 8.42 Å². The lowest BCUT2D eigenvalue weighted by molar-refractivity contribution is -0.123. The quantitative estimate of drug-likeness (QED) is 0.863. The molecule has 0 saturated carbocycles. The Bertz CT molecular complexity index is 801. The molecule has 2 atom stereocenters. The zero-order valence-electron chi connectivity index (χ0n) is 12.9. The van der Waals surface area contributed by atoms with E-state index in [2.05, 4.69) is 5.32 Å². The standard InChI is InChI=1S/C17H18ClNO3S2/c18-13-5-3-12(4-6-13)16(10-15-2-1-8-23-15)17(20)19-14-7-9-24(21,22)11-14/h1-6,8,14,16H,7,9-11H2,(H,19,20). The van der Waals surface area contributed by atoms with Gasteiger partial charge in [-0.1, -0.05) is 29.8 Å². The molecule has 3 rings (SSSR count). The Labute approximate surface area is 150 Å². The molecule has 128 valence electrons. The van der Waals surface area contributed by atoms with Crippen molar-refractivity contribution >= 4 is 38.7 Å². The summed E-state index contributed by atoms with van der Waals surface area (Å²) in [6, 6.07) is 10.9. The lowest BCUT2D eigenvalue weighted by atomic mass is 9.93. The Kier molecular flexibility index (Phi) is 5.27. The minimum absolute atomic E-state index is 0.0328. The van der Waals surface area contributed by atoms with Crippen LogP contribution in [0.1, 0.15) is 22.8 Å². The van der Waals surface area contributed by atoms with E-state index in [9.17, 15) is 13.2 Å². The summed E-state index contributed by atoms with van der Waals surface area (Å²) < 4.78 is 23.2. The highest BCUT2D eigenvalue weighted by molar-refractivity contribution is 7.91. The fourth-order valence-corrected chi connectivity index (χ4v) is 5.45. The molecule has 1 N–H and O–H groups in total. The number of hydrogen-bond donors (Lipinski definition) is 1. The monoisotopic (exact) mass is 383 g/mol. The van der Waals surface area contributed by atoms with Crippen LogP contribution < -0.4 is 5.32 Å². The van der Waals surface area contributed by atoms with Crippen molar-refractivity contribution in [2.45, 2.75) is 24.8 Å². The van der Waals surface area contributed by atoms with Gasteiger partial charge in [0, 0.05) is 15.9 Å². The molecule has 1 aliphatic rings. The van der Waals surface area contributed by atoms with Crippen LogP contribution in [0.5, 0.6) is 0 Å². The maximum atomic E-state index is 12.8. The van der Waals surface area contributed by atoms with Gasteiger partial charge in [0.25, 0.3) is 0 Å². The summed E-state index contributed by atoms with van der Waals surface area (Å²) in [7, 11) is -3.02. The molecule has 4 nitrogen and oxygen atoms in total. The van der Waals surface area contributed by atoms with Crippen molar-refractivity contribution in [2.24, 2.45) is 0 Å². The van der Waals surface area contributed by atoms with Crippen molar-refractivity contribution in [1.82, 2.24) is 5.32 Å². The average molecular weight is 384 g/mol. The van der Waals surface area contributed by atoms with E-state index in [0.717, 1.165) is 10.4 Å². The second kappa shape index (κ2) is 7.25. The van der Waals surface area contributed by atoms with Crippen LogP contribution in [-0.4, -0.2) is 31.9 Å². The van der Waals surface area contributed by atoms with Crippen molar-refractivity contribution in [3.05, 3.63) is 57.2 Å². The fraction of sp³-hybridized carbons (Fsp3) is 0.353. The highest BCUT2D eigenvalue weighted by Gasteiger charge is 2.31. The first-order valence-electron chi connectivity index (χ1n) is 7.71. The molecule has 2 unspecified atom stereocenters. The molecule has 0 spiro atoms. The smallest absolute Gasteiger partial charge is 0.228 e. The van der Waals surface area contributed by atoms with Crippen molar-refractivity contribution in [1.29, 1.82) is 0 Å². The lowest BCUT2D eigenvalue weighted by Crippen LogP contribution is -2.39. The van der Waals surface area contributed by atoms with Gasteiger partial charge >= 0.3 is 0 Å². The second-order valence-electron chi connectivity index (χ2n) is 6.00. The van der Waals surface area contributed by atoms with Gasteiger partial charge in [0.15, 0.2) is 9.84 Å². The van der Waals surface area contributed by atoms with Crippen LogP contribution in [0.3, 0.4) is 0 Å². The number of halogens is 1. The zero-order chi connectivity index (χ0) is 17.2. The summed E-state index contributed by atoms with van der Waals surface area (Å²) in [5, 5.41) is 5.52. The number of carbonyl (C=O) groups is 1. The van der Waals surface area contributed by atoms with Crippen LogP contribution in [0, 0.1) is 0 Å².